The van der Waals surface area contributed by atoms with Crippen molar-refractivity contribution in [2.24, 2.45) is 0 Å². The van der Waals surface area contributed by atoms with E-state index in [0.29, 0.717) is 39.1 Å². The number of halogens is 6. The Balaban J connectivity index is 1.59. The van der Waals surface area contributed by atoms with Crippen molar-refractivity contribution in [2.45, 2.75) is 18.8 Å². The number of nitriles is 1. The molecule has 0 bridgehead atoms. The van der Waals surface area contributed by atoms with E-state index in [0.717, 1.165) is 18.2 Å². The van der Waals surface area contributed by atoms with Gasteiger partial charge in [0.05, 0.1) is 11.6 Å². The van der Waals surface area contributed by atoms with Gasteiger partial charge in [-0.05, 0) is 30.3 Å². The van der Waals surface area contributed by atoms with Crippen LogP contribution in [0.15, 0.2) is 48.5 Å². The van der Waals surface area contributed by atoms with Gasteiger partial charge in [0.15, 0.2) is 12.4 Å². The second-order valence-electron chi connectivity index (χ2n) is 9.00. The number of hydrogen-bond donors (Lipinski definition) is 1. The molecule has 216 valence electrons. The Morgan fingerprint density at radius 1 is 0.976 bits per heavy atom. The van der Waals surface area contributed by atoms with Crippen LogP contribution >= 0.6 is 0 Å². The van der Waals surface area contributed by atoms with Crippen molar-refractivity contribution in [3.8, 4) is 23.5 Å². The van der Waals surface area contributed by atoms with Gasteiger partial charge in [0.25, 0.3) is 5.91 Å². The van der Waals surface area contributed by atoms with Gasteiger partial charge in [-0.15, -0.1) is 0 Å². The number of alkyl halides is 6. The number of piperazine rings is 1. The number of rotatable bonds is 8. The Kier molecular flexibility index (Phi) is 8.92. The summed E-state index contributed by atoms with van der Waals surface area (Å²) in [5.74, 6) is -0.809. The molecule has 0 aliphatic carbocycles. The zero-order valence-corrected chi connectivity index (χ0v) is 21.3. The number of nitrogens with one attached hydrogen (secondary N) is 1. The summed E-state index contributed by atoms with van der Waals surface area (Å²) in [6, 6.07) is 11.6. The lowest BCUT2D eigenvalue weighted by molar-refractivity contribution is -0.154. The van der Waals surface area contributed by atoms with Gasteiger partial charge < -0.3 is 15.0 Å². The van der Waals surface area contributed by atoms with Crippen LogP contribution in [0.2, 0.25) is 0 Å². The second kappa shape index (κ2) is 12.4. The molecule has 1 aliphatic rings. The number of aromatic nitrogens is 3. The highest BCUT2D eigenvalue weighted by molar-refractivity contribution is 5.95. The van der Waals surface area contributed by atoms with Gasteiger partial charge in [-0.25, -0.2) is 0 Å². The average molecular weight is 580 g/mol. The first-order chi connectivity index (χ1) is 19.4. The molecule has 0 unspecified atom stereocenters. The highest BCUT2D eigenvalue weighted by Gasteiger charge is 2.31. The minimum atomic E-state index is -4.70. The van der Waals surface area contributed by atoms with Crippen molar-refractivity contribution in [3.05, 3.63) is 59.7 Å². The van der Waals surface area contributed by atoms with Crippen LogP contribution < -0.4 is 10.1 Å². The lowest BCUT2D eigenvalue weighted by Crippen LogP contribution is -2.48. The molecule has 1 aromatic heterocycles. The van der Waals surface area contributed by atoms with Crippen molar-refractivity contribution in [1.82, 2.24) is 24.8 Å². The topological polar surface area (TPSA) is 107 Å². The van der Waals surface area contributed by atoms with Gasteiger partial charge in [-0.3, -0.25) is 9.69 Å². The first kappa shape index (κ1) is 29.5. The van der Waals surface area contributed by atoms with Crippen LogP contribution in [0.3, 0.4) is 0 Å². The van der Waals surface area contributed by atoms with Gasteiger partial charge >= 0.3 is 18.4 Å². The van der Waals surface area contributed by atoms with Gasteiger partial charge in [-0.1, -0.05) is 18.2 Å². The molecule has 1 amide bonds. The highest BCUT2D eigenvalue weighted by atomic mass is 19.4. The minimum absolute atomic E-state index is 0.0726. The van der Waals surface area contributed by atoms with Crippen LogP contribution in [0.25, 0.3) is 11.4 Å². The molecule has 9 nitrogen and oxygen atoms in total. The fraction of sp³-hybridized carbons (Fsp3) is 0.346. The van der Waals surface area contributed by atoms with E-state index in [9.17, 15) is 31.1 Å². The summed E-state index contributed by atoms with van der Waals surface area (Å²) in [4.78, 5) is 28.7. The molecule has 15 heteroatoms. The molecule has 2 heterocycles. The van der Waals surface area contributed by atoms with Crippen LogP contribution in [-0.2, 0) is 6.18 Å². The maximum absolute atomic E-state index is 13.2. The minimum Gasteiger partial charge on any atom is -0.454 e. The molecule has 0 spiro atoms. The second-order valence-corrected chi connectivity index (χ2v) is 9.00. The number of benzene rings is 2. The summed E-state index contributed by atoms with van der Waals surface area (Å²) < 4.78 is 82.5. The van der Waals surface area contributed by atoms with E-state index in [4.69, 9.17) is 10.00 Å². The Bertz CT molecular complexity index is 1420. The number of anilines is 2. The van der Waals surface area contributed by atoms with Crippen LogP contribution in [0, 0.1) is 11.3 Å². The number of ether oxygens (including phenoxy) is 1. The molecule has 1 saturated heterocycles. The molecule has 1 aliphatic heterocycles. The van der Waals surface area contributed by atoms with E-state index in [1.807, 2.05) is 0 Å². The van der Waals surface area contributed by atoms with Crippen LogP contribution in [0.5, 0.6) is 6.01 Å². The maximum atomic E-state index is 13.2. The summed E-state index contributed by atoms with van der Waals surface area (Å²) in [5, 5.41) is 11.3. The van der Waals surface area contributed by atoms with Crippen molar-refractivity contribution in [3.63, 3.8) is 0 Å². The fourth-order valence-corrected chi connectivity index (χ4v) is 4.01. The normalized spacial score (nSPS) is 14.4. The number of carbonyl (C=O) groups is 1. The molecular formula is C26H23F6N7O2. The summed E-state index contributed by atoms with van der Waals surface area (Å²) in [6.07, 6.45) is -8.94. The number of nitrogens with zero attached hydrogens (tertiary/aromatic N) is 6. The fourth-order valence-electron chi connectivity index (χ4n) is 4.01. The summed E-state index contributed by atoms with van der Waals surface area (Å²) in [7, 11) is 0. The predicted molar refractivity (Wildman–Crippen MR) is 134 cm³/mol. The first-order valence-electron chi connectivity index (χ1n) is 12.3. The zero-order valence-electron chi connectivity index (χ0n) is 21.3. The quantitative estimate of drug-likeness (QED) is 0.375. The first-order valence-corrected chi connectivity index (χ1v) is 12.3. The van der Waals surface area contributed by atoms with Crippen LogP contribution in [0.1, 0.15) is 22.3 Å². The third-order valence-corrected chi connectivity index (χ3v) is 5.99. The molecule has 0 saturated carbocycles. The molecular weight excluding hydrogens is 556 g/mol. The molecule has 0 atom stereocenters. The summed E-state index contributed by atoms with van der Waals surface area (Å²) in [6.45, 7) is 0.999. The molecule has 3 aromatic rings. The van der Waals surface area contributed by atoms with Crippen molar-refractivity contribution in [1.29, 1.82) is 5.26 Å². The molecule has 2 aromatic carbocycles. The molecule has 1 fully saturated rings. The predicted octanol–water partition coefficient (Wildman–Crippen LogP) is 4.91. The van der Waals surface area contributed by atoms with E-state index >= 15 is 0 Å². The van der Waals surface area contributed by atoms with Crippen LogP contribution in [0.4, 0.5) is 38.0 Å². The number of amides is 1. The standard InChI is InChI=1S/C26H23F6N7O2/c27-25(28,29)16-41-24-36-21(35-23(37-24)34-20-7-2-6-19(15-20)26(30,31)32)17-4-1-5-18(14-17)22(40)39-12-10-38(11-13-39)9-3-8-33/h1-2,4-7,14-15H,3,9-13,16H2,(H,34,35,36,37). The Labute approximate surface area is 230 Å². The Hall–Kier alpha value is -4.45. The Morgan fingerprint density at radius 2 is 1.71 bits per heavy atom. The van der Waals surface area contributed by atoms with Gasteiger partial charge in [0, 0.05) is 56.0 Å². The van der Waals surface area contributed by atoms with Gasteiger partial charge in [0.2, 0.25) is 5.95 Å². The SMILES string of the molecule is N#CCCN1CCN(C(=O)c2cccc(-c3nc(Nc4cccc(C(F)(F)F)c4)nc(OCC(F)(F)F)n3)c2)CC1. The summed E-state index contributed by atoms with van der Waals surface area (Å²) in [5.41, 5.74) is -0.507. The van der Waals surface area contributed by atoms with E-state index in [1.54, 1.807) is 17.0 Å². The van der Waals surface area contributed by atoms with Crippen molar-refractivity contribution in [2.75, 3.05) is 44.6 Å². The lowest BCUT2D eigenvalue weighted by Gasteiger charge is -2.34. The molecule has 4 rings (SSSR count). The van der Waals surface area contributed by atoms with Crippen LogP contribution in [-0.4, -0.2) is 76.2 Å². The Morgan fingerprint density at radius 3 is 2.39 bits per heavy atom. The van der Waals surface area contributed by atoms with Gasteiger partial charge in [-0.2, -0.15) is 46.6 Å². The van der Waals surface area contributed by atoms with Crippen molar-refractivity contribution < 1.29 is 35.9 Å². The summed E-state index contributed by atoms with van der Waals surface area (Å²) >= 11 is 0. The zero-order chi connectivity index (χ0) is 29.6. The molecule has 1 N–H and O–H groups in total. The monoisotopic (exact) mass is 579 g/mol. The molecule has 41 heavy (non-hydrogen) atoms. The largest absolute Gasteiger partial charge is 0.454 e. The number of hydrogen-bond acceptors (Lipinski definition) is 8. The van der Waals surface area contributed by atoms with E-state index in [2.05, 4.69) is 31.2 Å². The van der Waals surface area contributed by atoms with E-state index < -0.39 is 30.5 Å². The third-order valence-electron chi connectivity index (χ3n) is 5.99. The highest BCUT2D eigenvalue weighted by Crippen LogP contribution is 2.31. The van der Waals surface area contributed by atoms with Crippen molar-refractivity contribution >= 4 is 17.5 Å². The van der Waals surface area contributed by atoms with E-state index in [1.165, 1.54) is 18.2 Å². The lowest BCUT2D eigenvalue weighted by atomic mass is 10.1. The molecule has 0 radical (unpaired) electrons. The maximum Gasteiger partial charge on any atom is 0.422 e. The third kappa shape index (κ3) is 8.27. The van der Waals surface area contributed by atoms with E-state index in [-0.39, 0.29) is 34.5 Å². The number of carbonyl (C=O) groups excluding carboxylic acids is 1. The average Bonchev–Trinajstić information content (AvgIpc) is 2.94. The van der Waals surface area contributed by atoms with Gasteiger partial charge in [0.1, 0.15) is 0 Å². The smallest absolute Gasteiger partial charge is 0.422 e.